The van der Waals surface area contributed by atoms with Crippen LogP contribution in [0.5, 0.6) is 0 Å². The number of aromatic nitrogens is 2. The van der Waals surface area contributed by atoms with Crippen molar-refractivity contribution in [3.05, 3.63) is 66.1 Å². The third kappa shape index (κ3) is 3.58. The highest BCUT2D eigenvalue weighted by molar-refractivity contribution is 7.92. The molecular weight excluding hydrogens is 366 g/mol. The normalized spacial score (nSPS) is 17.3. The maximum Gasteiger partial charge on any atom is 0.253 e. The van der Waals surface area contributed by atoms with Crippen LogP contribution in [0.25, 0.3) is 5.65 Å². The van der Waals surface area contributed by atoms with Gasteiger partial charge in [-0.25, -0.2) is 13.4 Å². The van der Waals surface area contributed by atoms with Gasteiger partial charge in [0.25, 0.3) is 5.91 Å². The van der Waals surface area contributed by atoms with Crippen LogP contribution in [0, 0.1) is 0 Å². The number of pyridine rings is 1. The van der Waals surface area contributed by atoms with Crippen LogP contribution in [0.2, 0.25) is 0 Å². The molecule has 0 saturated carbocycles. The van der Waals surface area contributed by atoms with Gasteiger partial charge < -0.3 is 14.5 Å². The molecular formula is C19H19N3O4S. The topological polar surface area (TPSA) is 89.8 Å². The molecule has 0 bridgehead atoms. The Morgan fingerprint density at radius 3 is 2.78 bits per heavy atom. The fourth-order valence-corrected chi connectivity index (χ4v) is 4.67. The van der Waals surface area contributed by atoms with Crippen molar-refractivity contribution >= 4 is 21.4 Å². The third-order valence-electron chi connectivity index (χ3n) is 4.68. The van der Waals surface area contributed by atoms with E-state index in [0.29, 0.717) is 30.0 Å². The summed E-state index contributed by atoms with van der Waals surface area (Å²) in [7, 11) is -3.37. The van der Waals surface area contributed by atoms with E-state index < -0.39 is 15.1 Å². The summed E-state index contributed by atoms with van der Waals surface area (Å²) in [6.07, 6.45) is 5.70. The number of sulfone groups is 1. The fourth-order valence-electron chi connectivity index (χ4n) is 3.09. The first-order valence-electron chi connectivity index (χ1n) is 8.65. The lowest BCUT2D eigenvalue weighted by Crippen LogP contribution is -2.23. The van der Waals surface area contributed by atoms with Gasteiger partial charge in [-0.15, -0.1) is 0 Å². The fraction of sp³-hybridized carbons (Fsp3) is 0.263. The molecule has 1 N–H and O–H groups in total. The number of carbonyl (C=O) groups is 1. The van der Waals surface area contributed by atoms with E-state index in [1.807, 2.05) is 0 Å². The summed E-state index contributed by atoms with van der Waals surface area (Å²) < 4.78 is 32.0. The predicted octanol–water partition coefficient (Wildman–Crippen LogP) is 1.83. The van der Waals surface area contributed by atoms with Crippen molar-refractivity contribution in [2.75, 3.05) is 13.2 Å². The zero-order valence-electron chi connectivity index (χ0n) is 14.5. The van der Waals surface area contributed by atoms with Crippen molar-refractivity contribution in [2.24, 2.45) is 0 Å². The van der Waals surface area contributed by atoms with Crippen molar-refractivity contribution < 1.29 is 17.9 Å². The summed E-state index contributed by atoms with van der Waals surface area (Å²) in [6.45, 7) is 1.05. The van der Waals surface area contributed by atoms with Crippen molar-refractivity contribution in [3.63, 3.8) is 0 Å². The molecule has 1 aromatic carbocycles. The van der Waals surface area contributed by atoms with E-state index >= 15 is 0 Å². The van der Waals surface area contributed by atoms with Crippen LogP contribution in [0.1, 0.15) is 22.3 Å². The Labute approximate surface area is 156 Å². The van der Waals surface area contributed by atoms with E-state index in [2.05, 4.69) is 10.3 Å². The Bertz CT molecular complexity index is 1070. The molecule has 0 radical (unpaired) electrons. The van der Waals surface area contributed by atoms with Crippen LogP contribution >= 0.6 is 0 Å². The number of imidazole rings is 1. The second-order valence-corrected chi connectivity index (χ2v) is 8.70. The first-order valence-corrected chi connectivity index (χ1v) is 10.2. The Kier molecular flexibility index (Phi) is 4.67. The molecule has 7 nitrogen and oxygen atoms in total. The van der Waals surface area contributed by atoms with Crippen LogP contribution in [-0.4, -0.2) is 42.2 Å². The minimum absolute atomic E-state index is 0.203. The van der Waals surface area contributed by atoms with Crippen LogP contribution in [0.3, 0.4) is 0 Å². The molecule has 27 heavy (non-hydrogen) atoms. The molecule has 3 aromatic rings. The maximum absolute atomic E-state index is 12.5. The summed E-state index contributed by atoms with van der Waals surface area (Å²) in [6, 6.07) is 10.1. The van der Waals surface area contributed by atoms with Gasteiger partial charge in [-0.1, -0.05) is 12.1 Å². The van der Waals surface area contributed by atoms with E-state index in [1.165, 1.54) is 0 Å². The second kappa shape index (κ2) is 7.13. The SMILES string of the molecule is O=C(NCc1ccc(S(=O)(=O)[C@@H]2CCOC2)cc1)c1ccc2nccn2c1. The number of amides is 1. The Morgan fingerprint density at radius 2 is 2.04 bits per heavy atom. The zero-order valence-corrected chi connectivity index (χ0v) is 15.4. The first kappa shape index (κ1) is 17.7. The average Bonchev–Trinajstić information content (AvgIpc) is 3.37. The molecule has 1 atom stereocenters. The van der Waals surface area contributed by atoms with Crippen molar-refractivity contribution in [2.45, 2.75) is 23.1 Å². The molecule has 3 heterocycles. The molecule has 2 aromatic heterocycles. The van der Waals surface area contributed by atoms with Crippen molar-refractivity contribution in [3.8, 4) is 0 Å². The van der Waals surface area contributed by atoms with E-state index in [-0.39, 0.29) is 12.5 Å². The van der Waals surface area contributed by atoms with Gasteiger partial charge >= 0.3 is 0 Å². The number of benzene rings is 1. The lowest BCUT2D eigenvalue weighted by molar-refractivity contribution is 0.0950. The molecule has 0 unspecified atom stereocenters. The van der Waals surface area contributed by atoms with Crippen molar-refractivity contribution in [1.29, 1.82) is 0 Å². The van der Waals surface area contributed by atoms with Gasteiger partial charge in [0.15, 0.2) is 9.84 Å². The molecule has 1 aliphatic rings. The highest BCUT2D eigenvalue weighted by atomic mass is 32.2. The van der Waals surface area contributed by atoms with Crippen LogP contribution < -0.4 is 5.32 Å². The molecule has 1 aliphatic heterocycles. The quantitative estimate of drug-likeness (QED) is 0.724. The van der Waals surface area contributed by atoms with Crippen LogP contribution in [0.15, 0.2) is 59.9 Å². The number of carbonyl (C=O) groups excluding carboxylic acids is 1. The third-order valence-corrected chi connectivity index (χ3v) is 6.86. The average molecular weight is 385 g/mol. The number of nitrogens with one attached hydrogen (secondary N) is 1. The molecule has 1 fully saturated rings. The van der Waals surface area contributed by atoms with Gasteiger partial charge in [0, 0.05) is 31.7 Å². The summed E-state index contributed by atoms with van der Waals surface area (Å²) >= 11 is 0. The van der Waals surface area contributed by atoms with E-state index in [0.717, 1.165) is 11.2 Å². The molecule has 140 valence electrons. The number of nitrogens with zero attached hydrogens (tertiary/aromatic N) is 2. The van der Waals surface area contributed by atoms with Gasteiger partial charge in [0.2, 0.25) is 0 Å². The molecule has 8 heteroatoms. The molecule has 0 spiro atoms. The second-order valence-electron chi connectivity index (χ2n) is 6.47. The summed E-state index contributed by atoms with van der Waals surface area (Å²) in [5.74, 6) is -0.203. The van der Waals surface area contributed by atoms with Crippen molar-refractivity contribution in [1.82, 2.24) is 14.7 Å². The number of hydrogen-bond acceptors (Lipinski definition) is 5. The Hall–Kier alpha value is -2.71. The number of rotatable bonds is 5. The smallest absolute Gasteiger partial charge is 0.253 e. The van der Waals surface area contributed by atoms with E-state index in [9.17, 15) is 13.2 Å². The van der Waals surface area contributed by atoms with E-state index in [4.69, 9.17) is 4.74 Å². The van der Waals surface area contributed by atoms with Crippen LogP contribution in [0.4, 0.5) is 0 Å². The molecule has 1 saturated heterocycles. The number of fused-ring (bicyclic) bond motifs is 1. The summed E-state index contributed by atoms with van der Waals surface area (Å²) in [4.78, 5) is 16.8. The zero-order chi connectivity index (χ0) is 18.9. The maximum atomic E-state index is 12.5. The molecule has 4 rings (SSSR count). The van der Waals surface area contributed by atoms with E-state index in [1.54, 1.807) is 59.4 Å². The minimum Gasteiger partial charge on any atom is -0.380 e. The first-order chi connectivity index (χ1) is 13.0. The largest absolute Gasteiger partial charge is 0.380 e. The van der Waals surface area contributed by atoms with Gasteiger partial charge in [0.1, 0.15) is 5.65 Å². The summed E-state index contributed by atoms with van der Waals surface area (Å²) in [5, 5.41) is 2.37. The van der Waals surface area contributed by atoms with Gasteiger partial charge in [0.05, 0.1) is 22.3 Å². The predicted molar refractivity (Wildman–Crippen MR) is 99.2 cm³/mol. The molecule has 1 amide bonds. The lowest BCUT2D eigenvalue weighted by Gasteiger charge is -2.11. The standard InChI is InChI=1S/C19H19N3O4S/c23-19(15-3-6-18-20-8-9-22(18)12-15)21-11-14-1-4-16(5-2-14)27(24,25)17-7-10-26-13-17/h1-6,8-9,12,17H,7,10-11,13H2,(H,21,23)/t17-/m1/s1. The minimum atomic E-state index is -3.37. The monoisotopic (exact) mass is 385 g/mol. The highest BCUT2D eigenvalue weighted by Crippen LogP contribution is 2.22. The summed E-state index contributed by atoms with van der Waals surface area (Å²) in [5.41, 5.74) is 2.13. The highest BCUT2D eigenvalue weighted by Gasteiger charge is 2.30. The van der Waals surface area contributed by atoms with Gasteiger partial charge in [-0.2, -0.15) is 0 Å². The molecule has 0 aliphatic carbocycles. The lowest BCUT2D eigenvalue weighted by atomic mass is 10.2. The van der Waals surface area contributed by atoms with Gasteiger partial charge in [-0.3, -0.25) is 4.79 Å². The Morgan fingerprint density at radius 1 is 1.22 bits per heavy atom. The van der Waals surface area contributed by atoms with Gasteiger partial charge in [-0.05, 0) is 36.2 Å². The van der Waals surface area contributed by atoms with Crippen LogP contribution in [-0.2, 0) is 21.1 Å². The number of hydrogen-bond donors (Lipinski definition) is 1. The Balaban J connectivity index is 1.41. The number of ether oxygens (including phenoxy) is 1.